The first-order chi connectivity index (χ1) is 8.54. The predicted octanol–water partition coefficient (Wildman–Crippen LogP) is 2.85. The maximum absolute atomic E-state index is 11.8. The zero-order chi connectivity index (χ0) is 13.3. The molecule has 2 aromatic rings. The van der Waals surface area contributed by atoms with Crippen LogP contribution >= 0.6 is 0 Å². The van der Waals surface area contributed by atoms with E-state index >= 15 is 0 Å². The van der Waals surface area contributed by atoms with Gasteiger partial charge in [0.25, 0.3) is 0 Å². The molecule has 0 amide bonds. The normalized spacial score (nSPS) is 12.6. The van der Waals surface area contributed by atoms with E-state index in [1.54, 1.807) is 37.3 Å². The molecule has 94 valence electrons. The maximum Gasteiger partial charge on any atom is 0.153 e. The highest BCUT2D eigenvalue weighted by Crippen LogP contribution is 2.35. The minimum Gasteiger partial charge on any atom is -0.611 e. The molecule has 2 N–H and O–H groups in total. The zero-order valence-electron chi connectivity index (χ0n) is 10.0. The maximum atomic E-state index is 11.8. The van der Waals surface area contributed by atoms with Gasteiger partial charge >= 0.3 is 0 Å². The molecule has 0 saturated carbocycles. The van der Waals surface area contributed by atoms with Gasteiger partial charge in [0.15, 0.2) is 4.90 Å². The number of hydrogen-bond acceptors (Lipinski definition) is 3. The van der Waals surface area contributed by atoms with Gasteiger partial charge in [0, 0.05) is 17.0 Å². The standard InChI is InChI=1S/C14H14O3S/c1-3-6-18(17)11-4-5-12-10(7-11)8-13(15)9(2)14(12)16/h3-5,7-8,15-16H,1,6H2,2H3. The van der Waals surface area contributed by atoms with Crippen LogP contribution in [0.4, 0.5) is 0 Å². The van der Waals surface area contributed by atoms with Crippen LogP contribution in [0.1, 0.15) is 5.56 Å². The van der Waals surface area contributed by atoms with Crippen molar-refractivity contribution in [3.8, 4) is 11.5 Å². The second-order valence-corrected chi connectivity index (χ2v) is 5.55. The lowest BCUT2D eigenvalue weighted by Crippen LogP contribution is -2.04. The molecule has 0 radical (unpaired) electrons. The van der Waals surface area contributed by atoms with Crippen LogP contribution < -0.4 is 0 Å². The Bertz CT molecular complexity index is 608. The van der Waals surface area contributed by atoms with E-state index < -0.39 is 11.2 Å². The van der Waals surface area contributed by atoms with Crippen molar-refractivity contribution in [2.24, 2.45) is 0 Å². The van der Waals surface area contributed by atoms with Crippen LogP contribution in [-0.4, -0.2) is 20.5 Å². The molecule has 18 heavy (non-hydrogen) atoms. The Balaban J connectivity index is 2.59. The third kappa shape index (κ3) is 2.17. The fourth-order valence-electron chi connectivity index (χ4n) is 1.80. The molecule has 0 aliphatic carbocycles. The van der Waals surface area contributed by atoms with Crippen LogP contribution in [0.15, 0.2) is 41.8 Å². The van der Waals surface area contributed by atoms with E-state index in [0.717, 1.165) is 0 Å². The lowest BCUT2D eigenvalue weighted by Gasteiger charge is -2.11. The van der Waals surface area contributed by atoms with E-state index in [1.165, 1.54) is 0 Å². The van der Waals surface area contributed by atoms with E-state index in [0.29, 0.717) is 27.0 Å². The summed E-state index contributed by atoms with van der Waals surface area (Å²) in [5, 5.41) is 20.9. The Morgan fingerprint density at radius 1 is 1.33 bits per heavy atom. The molecule has 0 bridgehead atoms. The van der Waals surface area contributed by atoms with Gasteiger partial charge in [-0.2, -0.15) is 0 Å². The predicted molar refractivity (Wildman–Crippen MR) is 73.5 cm³/mol. The van der Waals surface area contributed by atoms with Crippen molar-refractivity contribution < 1.29 is 14.8 Å². The average molecular weight is 262 g/mol. The summed E-state index contributed by atoms with van der Waals surface area (Å²) in [4.78, 5) is 0.657. The second-order valence-electron chi connectivity index (χ2n) is 4.05. The molecule has 4 heteroatoms. The summed E-state index contributed by atoms with van der Waals surface area (Å²) >= 11 is -1.14. The minimum atomic E-state index is -1.14. The summed E-state index contributed by atoms with van der Waals surface area (Å²) in [6.07, 6.45) is 1.60. The first kappa shape index (κ1) is 12.8. The molecule has 0 heterocycles. The van der Waals surface area contributed by atoms with E-state index in [9.17, 15) is 14.8 Å². The van der Waals surface area contributed by atoms with E-state index in [2.05, 4.69) is 6.58 Å². The number of phenols is 2. The number of hydrogen-bond donors (Lipinski definition) is 2. The average Bonchev–Trinajstić information content (AvgIpc) is 2.36. The lowest BCUT2D eigenvalue weighted by molar-refractivity contribution is 0.448. The zero-order valence-corrected chi connectivity index (χ0v) is 10.8. The first-order valence-electron chi connectivity index (χ1n) is 5.49. The summed E-state index contributed by atoms with van der Waals surface area (Å²) < 4.78 is 11.8. The highest BCUT2D eigenvalue weighted by molar-refractivity contribution is 7.91. The monoisotopic (exact) mass is 262 g/mol. The molecule has 0 aromatic heterocycles. The van der Waals surface area contributed by atoms with Crippen molar-refractivity contribution in [1.29, 1.82) is 0 Å². The number of fused-ring (bicyclic) bond motifs is 1. The quantitative estimate of drug-likeness (QED) is 0.660. The van der Waals surface area contributed by atoms with Gasteiger partial charge in [-0.25, -0.2) is 0 Å². The summed E-state index contributed by atoms with van der Waals surface area (Å²) in [7, 11) is 0. The van der Waals surface area contributed by atoms with Gasteiger partial charge in [-0.05, 0) is 47.8 Å². The van der Waals surface area contributed by atoms with Gasteiger partial charge in [-0.15, -0.1) is 0 Å². The van der Waals surface area contributed by atoms with Crippen LogP contribution in [0.5, 0.6) is 11.5 Å². The molecule has 2 rings (SSSR count). The molecule has 0 spiro atoms. The molecular formula is C14H14O3S. The number of aromatic hydroxyl groups is 2. The lowest BCUT2D eigenvalue weighted by atomic mass is 10.1. The summed E-state index contributed by atoms with van der Waals surface area (Å²) in [6.45, 7) is 5.20. The van der Waals surface area contributed by atoms with Crippen molar-refractivity contribution in [2.75, 3.05) is 5.75 Å². The van der Waals surface area contributed by atoms with Gasteiger partial charge < -0.3 is 14.8 Å². The minimum absolute atomic E-state index is 0.0339. The van der Waals surface area contributed by atoms with Crippen molar-refractivity contribution in [2.45, 2.75) is 11.8 Å². The van der Waals surface area contributed by atoms with Gasteiger partial charge in [0.05, 0.1) is 0 Å². The van der Waals surface area contributed by atoms with Crippen LogP contribution in [0.2, 0.25) is 0 Å². The molecule has 0 saturated heterocycles. The number of benzene rings is 2. The number of phenolic OH excluding ortho intramolecular Hbond substituents is 2. The van der Waals surface area contributed by atoms with Crippen molar-refractivity contribution in [3.05, 3.63) is 42.5 Å². The number of rotatable bonds is 3. The van der Waals surface area contributed by atoms with Crippen molar-refractivity contribution in [1.82, 2.24) is 0 Å². The van der Waals surface area contributed by atoms with Gasteiger partial charge in [-0.1, -0.05) is 6.58 Å². The fourth-order valence-corrected chi connectivity index (χ4v) is 2.68. The fraction of sp³-hybridized carbons (Fsp3) is 0.143. The third-order valence-electron chi connectivity index (χ3n) is 2.84. The van der Waals surface area contributed by atoms with E-state index in [-0.39, 0.29) is 11.5 Å². The molecular weight excluding hydrogens is 248 g/mol. The van der Waals surface area contributed by atoms with Crippen LogP contribution in [-0.2, 0) is 11.2 Å². The summed E-state index contributed by atoms with van der Waals surface area (Å²) in [5.41, 5.74) is 0.447. The Labute approximate surface area is 109 Å². The molecule has 3 nitrogen and oxygen atoms in total. The Kier molecular flexibility index (Phi) is 3.50. The largest absolute Gasteiger partial charge is 0.611 e. The van der Waals surface area contributed by atoms with Gasteiger partial charge in [0.1, 0.15) is 17.3 Å². The van der Waals surface area contributed by atoms with Gasteiger partial charge in [0.2, 0.25) is 0 Å². The summed E-state index contributed by atoms with van der Waals surface area (Å²) in [5.74, 6) is 0.479. The first-order valence-corrected chi connectivity index (χ1v) is 6.81. The molecule has 0 aliphatic heterocycles. The van der Waals surface area contributed by atoms with E-state index in [1.807, 2.05) is 0 Å². The third-order valence-corrected chi connectivity index (χ3v) is 4.16. The van der Waals surface area contributed by atoms with Gasteiger partial charge in [-0.3, -0.25) is 0 Å². The smallest absolute Gasteiger partial charge is 0.153 e. The Hall–Kier alpha value is -1.65. The molecule has 1 unspecified atom stereocenters. The molecule has 1 atom stereocenters. The second kappa shape index (κ2) is 4.92. The molecule has 0 aliphatic rings. The Morgan fingerprint density at radius 2 is 2.06 bits per heavy atom. The molecule has 0 fully saturated rings. The summed E-state index contributed by atoms with van der Waals surface area (Å²) in [6, 6.07) is 6.72. The highest BCUT2D eigenvalue weighted by Gasteiger charge is 2.13. The SMILES string of the molecule is C=CC[S+]([O-])c1ccc2c(O)c(C)c(O)cc2c1. The van der Waals surface area contributed by atoms with Crippen molar-refractivity contribution >= 4 is 21.9 Å². The topological polar surface area (TPSA) is 63.5 Å². The highest BCUT2D eigenvalue weighted by atomic mass is 32.2. The van der Waals surface area contributed by atoms with Crippen molar-refractivity contribution in [3.63, 3.8) is 0 Å². The van der Waals surface area contributed by atoms with Crippen LogP contribution in [0.25, 0.3) is 10.8 Å². The van der Waals surface area contributed by atoms with E-state index in [4.69, 9.17) is 0 Å². The molecule has 2 aromatic carbocycles. The van der Waals surface area contributed by atoms with Crippen LogP contribution in [0.3, 0.4) is 0 Å². The Morgan fingerprint density at radius 3 is 2.72 bits per heavy atom. The van der Waals surface area contributed by atoms with Crippen LogP contribution in [0, 0.1) is 6.92 Å².